The SMILES string of the molecule is c1ccc(N(c2ccccc2)c2c3ccccc3cc3c4cccc5c6nc7c(cc6n(c23)c45)c2cccc3c4cccc(N(c5ccccc5)c5ccccc5)c4n7c23)cc1. The van der Waals surface area contributed by atoms with Gasteiger partial charge in [0, 0.05) is 65.8 Å². The molecule has 0 aliphatic carbocycles. The highest BCUT2D eigenvalue weighted by Crippen LogP contribution is 2.50. The molecular formula is C57H35N5. The summed E-state index contributed by atoms with van der Waals surface area (Å²) in [5, 5.41) is 10.8. The highest BCUT2D eigenvalue weighted by molar-refractivity contribution is 6.30. The lowest BCUT2D eigenvalue weighted by Crippen LogP contribution is -2.11. The number of benzene rings is 9. The number of aromatic nitrogens is 3. The molecule has 5 aromatic heterocycles. The van der Waals surface area contributed by atoms with E-state index in [0.29, 0.717) is 0 Å². The first kappa shape index (κ1) is 33.4. The van der Waals surface area contributed by atoms with E-state index < -0.39 is 0 Å². The molecule has 5 nitrogen and oxygen atoms in total. The van der Waals surface area contributed by atoms with Crippen molar-refractivity contribution in [2.45, 2.75) is 0 Å². The van der Waals surface area contributed by atoms with Gasteiger partial charge >= 0.3 is 0 Å². The van der Waals surface area contributed by atoms with Crippen LogP contribution in [0.5, 0.6) is 0 Å². The van der Waals surface area contributed by atoms with Gasteiger partial charge in [-0.15, -0.1) is 0 Å². The van der Waals surface area contributed by atoms with E-state index in [4.69, 9.17) is 4.98 Å². The maximum Gasteiger partial charge on any atom is 0.146 e. The standard InChI is InChI=1S/C57H35N5/c1-5-19-37(20-6-1)59(38-21-7-2-8-22-38)49-33-17-31-43-42-28-15-30-45-48-35-50-51(58-57(48)62(52(42)45)54(43)49)46-32-16-29-44-47-34-36-18-13-14-27-41(36)55(56(47)61(50)53(44)46)60(39-23-9-3-10-24-39)40-25-11-4-12-26-40/h1-35H. The number of para-hydroxylation sites is 7. The molecule has 0 aliphatic heterocycles. The van der Waals surface area contributed by atoms with Gasteiger partial charge in [0.1, 0.15) is 5.65 Å². The zero-order valence-corrected chi connectivity index (χ0v) is 33.4. The summed E-state index contributed by atoms with van der Waals surface area (Å²) in [6.45, 7) is 0. The normalized spacial score (nSPS) is 12.2. The summed E-state index contributed by atoms with van der Waals surface area (Å²) in [6.07, 6.45) is 0. The van der Waals surface area contributed by atoms with E-state index in [1.54, 1.807) is 0 Å². The van der Waals surface area contributed by atoms with Crippen molar-refractivity contribution in [2.24, 2.45) is 0 Å². The van der Waals surface area contributed by atoms with Crippen LogP contribution in [0.25, 0.3) is 87.2 Å². The van der Waals surface area contributed by atoms with Gasteiger partial charge in [-0.25, -0.2) is 4.98 Å². The summed E-state index contributed by atoms with van der Waals surface area (Å²) in [5.41, 5.74) is 14.4. The van der Waals surface area contributed by atoms with E-state index in [-0.39, 0.29) is 0 Å². The van der Waals surface area contributed by atoms with Crippen molar-refractivity contribution in [2.75, 3.05) is 9.80 Å². The molecule has 5 heterocycles. The van der Waals surface area contributed by atoms with Gasteiger partial charge in [-0.2, -0.15) is 0 Å². The summed E-state index contributed by atoms with van der Waals surface area (Å²) < 4.78 is 4.97. The van der Waals surface area contributed by atoms with Crippen molar-refractivity contribution in [1.82, 2.24) is 13.8 Å². The van der Waals surface area contributed by atoms with Gasteiger partial charge in [0.2, 0.25) is 0 Å². The van der Waals surface area contributed by atoms with Crippen LogP contribution in [-0.2, 0) is 0 Å². The molecule has 0 amide bonds. The molecule has 288 valence electrons. The van der Waals surface area contributed by atoms with Crippen LogP contribution < -0.4 is 9.80 Å². The molecule has 0 radical (unpaired) electrons. The van der Waals surface area contributed by atoms with Crippen molar-refractivity contribution < 1.29 is 0 Å². The molecule has 62 heavy (non-hydrogen) atoms. The molecule has 0 bridgehead atoms. The summed E-state index contributed by atoms with van der Waals surface area (Å²) in [7, 11) is 0. The second kappa shape index (κ2) is 12.6. The molecule has 0 aliphatic rings. The van der Waals surface area contributed by atoms with Gasteiger partial charge < -0.3 is 14.2 Å². The third-order valence-corrected chi connectivity index (χ3v) is 13.1. The minimum atomic E-state index is 0.964. The van der Waals surface area contributed by atoms with Crippen LogP contribution in [0.3, 0.4) is 0 Å². The zero-order valence-electron chi connectivity index (χ0n) is 33.4. The number of hydrogen-bond donors (Lipinski definition) is 0. The van der Waals surface area contributed by atoms with E-state index in [0.717, 1.165) is 67.1 Å². The van der Waals surface area contributed by atoms with Crippen molar-refractivity contribution in [3.05, 3.63) is 212 Å². The van der Waals surface area contributed by atoms with Crippen molar-refractivity contribution in [3.8, 4) is 0 Å². The Morgan fingerprint density at radius 3 is 1.42 bits per heavy atom. The van der Waals surface area contributed by atoms with Crippen molar-refractivity contribution in [1.29, 1.82) is 0 Å². The Kier molecular flexibility index (Phi) is 6.77. The molecule has 9 aromatic carbocycles. The monoisotopic (exact) mass is 789 g/mol. The second-order valence-corrected chi connectivity index (χ2v) is 16.3. The second-order valence-electron chi connectivity index (χ2n) is 16.3. The summed E-state index contributed by atoms with van der Waals surface area (Å²) >= 11 is 0. The molecule has 0 saturated heterocycles. The fourth-order valence-corrected chi connectivity index (χ4v) is 10.6. The minimum absolute atomic E-state index is 0.964. The third-order valence-electron chi connectivity index (χ3n) is 13.1. The fraction of sp³-hybridized carbons (Fsp3) is 0. The highest BCUT2D eigenvalue weighted by atomic mass is 15.2. The summed E-state index contributed by atoms with van der Waals surface area (Å²) in [4.78, 5) is 10.6. The maximum atomic E-state index is 5.82. The maximum absolute atomic E-state index is 5.82. The molecule has 14 aromatic rings. The largest absolute Gasteiger partial charge is 0.308 e. The molecule has 0 fully saturated rings. The van der Waals surface area contributed by atoms with Gasteiger partial charge in [0.15, 0.2) is 0 Å². The molecule has 0 atom stereocenters. The first-order chi connectivity index (χ1) is 30.8. The molecular weight excluding hydrogens is 755 g/mol. The summed E-state index contributed by atoms with van der Waals surface area (Å²) in [5.74, 6) is 0. The van der Waals surface area contributed by atoms with E-state index in [1.807, 2.05) is 0 Å². The Balaban J connectivity index is 1.15. The van der Waals surface area contributed by atoms with E-state index in [1.165, 1.54) is 54.3 Å². The Hall–Kier alpha value is -8.41. The first-order valence-electron chi connectivity index (χ1n) is 21.2. The molecule has 0 saturated carbocycles. The Morgan fingerprint density at radius 1 is 0.323 bits per heavy atom. The van der Waals surface area contributed by atoms with Crippen LogP contribution in [0.4, 0.5) is 34.1 Å². The lowest BCUT2D eigenvalue weighted by molar-refractivity contribution is 1.25. The topological polar surface area (TPSA) is 28.2 Å². The average molecular weight is 790 g/mol. The van der Waals surface area contributed by atoms with Crippen LogP contribution >= 0.6 is 0 Å². The lowest BCUT2D eigenvalue weighted by Gasteiger charge is -2.28. The number of hydrogen-bond acceptors (Lipinski definition) is 3. The number of nitrogens with zero attached hydrogens (tertiary/aromatic N) is 5. The van der Waals surface area contributed by atoms with Crippen molar-refractivity contribution in [3.63, 3.8) is 0 Å². The number of rotatable bonds is 6. The Bertz CT molecular complexity index is 3950. The smallest absolute Gasteiger partial charge is 0.146 e. The van der Waals surface area contributed by atoms with Crippen molar-refractivity contribution >= 4 is 121 Å². The zero-order chi connectivity index (χ0) is 40.5. The third kappa shape index (κ3) is 4.43. The van der Waals surface area contributed by atoms with E-state index >= 15 is 0 Å². The molecule has 0 N–H and O–H groups in total. The molecule has 0 unspecified atom stereocenters. The predicted octanol–water partition coefficient (Wildman–Crippen LogP) is 15.5. The first-order valence-corrected chi connectivity index (χ1v) is 21.2. The Labute approximate surface area is 355 Å². The van der Waals surface area contributed by atoms with Gasteiger partial charge in [0.25, 0.3) is 0 Å². The Morgan fingerprint density at radius 2 is 0.790 bits per heavy atom. The van der Waals surface area contributed by atoms with Crippen LogP contribution in [0, 0.1) is 0 Å². The number of fused-ring (bicyclic) bond motifs is 13. The van der Waals surface area contributed by atoms with Crippen LogP contribution in [0.15, 0.2) is 212 Å². The fourth-order valence-electron chi connectivity index (χ4n) is 10.6. The average Bonchev–Trinajstić information content (AvgIpc) is 4.06. The van der Waals surface area contributed by atoms with E-state index in [2.05, 4.69) is 231 Å². The molecule has 0 spiro atoms. The quantitative estimate of drug-likeness (QED) is 0.168. The predicted molar refractivity (Wildman–Crippen MR) is 260 cm³/mol. The molecule has 14 rings (SSSR count). The number of anilines is 6. The van der Waals surface area contributed by atoms with Crippen LogP contribution in [0.2, 0.25) is 0 Å². The highest BCUT2D eigenvalue weighted by Gasteiger charge is 2.28. The van der Waals surface area contributed by atoms with Gasteiger partial charge in [0.05, 0.1) is 44.5 Å². The van der Waals surface area contributed by atoms with Gasteiger partial charge in [-0.3, -0.25) is 4.40 Å². The lowest BCUT2D eigenvalue weighted by atomic mass is 10.0. The van der Waals surface area contributed by atoms with Crippen LogP contribution in [-0.4, -0.2) is 13.8 Å². The van der Waals surface area contributed by atoms with Gasteiger partial charge in [-0.1, -0.05) is 146 Å². The number of pyridine rings is 1. The van der Waals surface area contributed by atoms with E-state index in [9.17, 15) is 0 Å². The minimum Gasteiger partial charge on any atom is -0.308 e. The van der Waals surface area contributed by atoms with Gasteiger partial charge in [-0.05, 0) is 72.1 Å². The van der Waals surface area contributed by atoms with Crippen LogP contribution in [0.1, 0.15) is 0 Å². The summed E-state index contributed by atoms with van der Waals surface area (Å²) in [6, 6.07) is 76.8. The molecule has 5 heteroatoms.